The molecule has 1 amide bonds. The fourth-order valence-electron chi connectivity index (χ4n) is 4.62. The summed E-state index contributed by atoms with van der Waals surface area (Å²) >= 11 is 4.54. The third kappa shape index (κ3) is 5.50. The van der Waals surface area contributed by atoms with Crippen LogP contribution in [0.1, 0.15) is 31.0 Å². The molecule has 4 aromatic rings. The zero-order valence-electron chi connectivity index (χ0n) is 22.3. The number of hydrogen-bond acceptors (Lipinski definition) is 8. The first kappa shape index (κ1) is 28.2. The number of para-hydroxylation sites is 1. The quantitative estimate of drug-likeness (QED) is 0.276. The minimum atomic E-state index is -0.873. The number of rotatable bonds is 7. The Morgan fingerprint density at radius 1 is 1.15 bits per heavy atom. The number of methoxy groups -OCH3 is 1. The average Bonchev–Trinajstić information content (AvgIpc) is 3.25. The smallest absolute Gasteiger partial charge is 0.271 e. The normalized spacial score (nSPS) is 14.8. The number of phenolic OH excluding ortho intramolecular Hbond substituents is 2. The lowest BCUT2D eigenvalue weighted by atomic mass is 9.94. The van der Waals surface area contributed by atoms with Crippen LogP contribution >= 0.6 is 27.3 Å². The van der Waals surface area contributed by atoms with Gasteiger partial charge in [0.25, 0.3) is 11.5 Å². The lowest BCUT2D eigenvalue weighted by Crippen LogP contribution is -2.40. The van der Waals surface area contributed by atoms with Crippen molar-refractivity contribution in [1.82, 2.24) is 4.57 Å². The van der Waals surface area contributed by atoms with E-state index in [0.717, 1.165) is 11.3 Å². The van der Waals surface area contributed by atoms with Crippen molar-refractivity contribution in [1.29, 1.82) is 0 Å². The van der Waals surface area contributed by atoms with Crippen LogP contribution in [0.5, 0.6) is 23.0 Å². The van der Waals surface area contributed by atoms with E-state index in [1.54, 1.807) is 56.3 Å². The molecule has 5 rings (SSSR count). The molecule has 1 aromatic heterocycles. The Morgan fingerprint density at radius 2 is 1.90 bits per heavy atom. The topological polar surface area (TPSA) is 122 Å². The van der Waals surface area contributed by atoms with Gasteiger partial charge in [-0.3, -0.25) is 14.2 Å². The monoisotopic (exact) mass is 635 g/mol. The standard InChI is InChI=1S/C30H26BrN3O6S/c1-4-40-22-13-17(10-11-21(22)35)26-25(28(37)33-20-8-6-5-7-9-20)16(2)32-30-34(26)29(38)24(41-30)14-18-12-19(31)15-23(39-3)27(18)36/h5-15,26,35-36H,4H2,1-3H3,(H,33,37)/b24-14-/t26-/m0/s1. The maximum atomic E-state index is 14.0. The van der Waals surface area contributed by atoms with E-state index in [1.165, 1.54) is 17.7 Å². The number of phenols is 2. The van der Waals surface area contributed by atoms with Crippen molar-refractivity contribution in [2.75, 3.05) is 19.0 Å². The van der Waals surface area contributed by atoms with Gasteiger partial charge in [-0.1, -0.05) is 51.5 Å². The first-order valence-electron chi connectivity index (χ1n) is 12.6. The molecule has 1 aliphatic rings. The SMILES string of the molecule is CCOc1cc([C@H]2C(C(=O)Nc3ccccc3)=C(C)N=c3s/c(=C\c4cc(Br)cc(OC)c4O)c(=O)n32)ccc1O. The molecule has 0 unspecified atom stereocenters. The van der Waals surface area contributed by atoms with Crippen LogP contribution < -0.4 is 29.7 Å². The van der Waals surface area contributed by atoms with Gasteiger partial charge in [0.05, 0.1) is 35.6 Å². The molecule has 0 bridgehead atoms. The van der Waals surface area contributed by atoms with Gasteiger partial charge in [-0.15, -0.1) is 0 Å². The molecule has 9 nitrogen and oxygen atoms in total. The van der Waals surface area contributed by atoms with Gasteiger partial charge in [0, 0.05) is 15.7 Å². The van der Waals surface area contributed by atoms with Crippen molar-refractivity contribution in [3.8, 4) is 23.0 Å². The molecule has 3 N–H and O–H groups in total. The van der Waals surface area contributed by atoms with Crippen LogP contribution in [-0.2, 0) is 4.79 Å². The fraction of sp³-hybridized carbons (Fsp3) is 0.167. The van der Waals surface area contributed by atoms with Crippen LogP contribution in [0.15, 0.2) is 86.2 Å². The van der Waals surface area contributed by atoms with Crippen LogP contribution in [-0.4, -0.2) is 34.4 Å². The zero-order valence-corrected chi connectivity index (χ0v) is 24.7. The van der Waals surface area contributed by atoms with Crippen LogP contribution in [0.2, 0.25) is 0 Å². The minimum Gasteiger partial charge on any atom is -0.504 e. The van der Waals surface area contributed by atoms with E-state index in [1.807, 2.05) is 18.2 Å². The third-order valence-electron chi connectivity index (χ3n) is 6.47. The second-order valence-corrected chi connectivity index (χ2v) is 11.0. The number of carbonyl (C=O) groups excluding carboxylic acids is 1. The molecule has 0 saturated heterocycles. The van der Waals surface area contributed by atoms with E-state index in [0.29, 0.717) is 42.9 Å². The molecule has 3 aromatic carbocycles. The summed E-state index contributed by atoms with van der Waals surface area (Å²) in [5.74, 6) is -0.109. The number of aromatic nitrogens is 1. The minimum absolute atomic E-state index is 0.0573. The van der Waals surface area contributed by atoms with Gasteiger partial charge < -0.3 is 25.0 Å². The second-order valence-electron chi connectivity index (χ2n) is 9.11. The number of nitrogens with one attached hydrogen (secondary N) is 1. The van der Waals surface area contributed by atoms with Gasteiger partial charge in [0.1, 0.15) is 0 Å². The molecule has 0 saturated carbocycles. The number of allylic oxidation sites excluding steroid dienone is 1. The van der Waals surface area contributed by atoms with E-state index in [-0.39, 0.29) is 28.6 Å². The summed E-state index contributed by atoms with van der Waals surface area (Å²) in [7, 11) is 1.44. The molecular formula is C30H26BrN3O6S. The van der Waals surface area contributed by atoms with Crippen molar-refractivity contribution >= 4 is 44.9 Å². The van der Waals surface area contributed by atoms with Crippen molar-refractivity contribution in [2.24, 2.45) is 4.99 Å². The molecule has 1 aliphatic heterocycles. The Balaban J connectivity index is 1.72. The third-order valence-corrected chi connectivity index (χ3v) is 7.91. The molecule has 0 radical (unpaired) electrons. The number of ether oxygens (including phenoxy) is 2. The Hall–Kier alpha value is -4.35. The van der Waals surface area contributed by atoms with Gasteiger partial charge in [0.2, 0.25) is 0 Å². The maximum absolute atomic E-state index is 14.0. The summed E-state index contributed by atoms with van der Waals surface area (Å²) in [6, 6.07) is 16.2. The summed E-state index contributed by atoms with van der Waals surface area (Å²) in [5.41, 5.74) is 1.83. The largest absolute Gasteiger partial charge is 0.504 e. The van der Waals surface area contributed by atoms with E-state index in [9.17, 15) is 19.8 Å². The number of thiazole rings is 1. The van der Waals surface area contributed by atoms with Crippen molar-refractivity contribution in [2.45, 2.75) is 19.9 Å². The number of carbonyl (C=O) groups is 1. The number of nitrogens with zero attached hydrogens (tertiary/aromatic N) is 2. The lowest BCUT2D eigenvalue weighted by molar-refractivity contribution is -0.113. The average molecular weight is 637 g/mol. The van der Waals surface area contributed by atoms with Crippen LogP contribution in [0.3, 0.4) is 0 Å². The zero-order chi connectivity index (χ0) is 29.3. The number of hydrogen-bond donors (Lipinski definition) is 3. The molecule has 2 heterocycles. The van der Waals surface area contributed by atoms with Gasteiger partial charge in [-0.2, -0.15) is 0 Å². The van der Waals surface area contributed by atoms with Crippen LogP contribution in [0.25, 0.3) is 6.08 Å². The molecule has 210 valence electrons. The second kappa shape index (κ2) is 11.6. The number of benzene rings is 3. The summed E-state index contributed by atoms with van der Waals surface area (Å²) in [6.45, 7) is 3.83. The molecule has 0 spiro atoms. The highest BCUT2D eigenvalue weighted by atomic mass is 79.9. The van der Waals surface area contributed by atoms with Crippen molar-refractivity contribution in [3.05, 3.63) is 107 Å². The number of fused-ring (bicyclic) bond motifs is 1. The summed E-state index contributed by atoms with van der Waals surface area (Å²) in [6.07, 6.45) is 1.56. The maximum Gasteiger partial charge on any atom is 0.271 e. The van der Waals surface area contributed by atoms with E-state index >= 15 is 0 Å². The number of halogens is 1. The Labute approximate surface area is 247 Å². The van der Waals surface area contributed by atoms with E-state index < -0.39 is 17.5 Å². The number of amides is 1. The van der Waals surface area contributed by atoms with E-state index in [4.69, 9.17) is 9.47 Å². The van der Waals surface area contributed by atoms with Gasteiger partial charge in [-0.05, 0) is 61.9 Å². The first-order valence-corrected chi connectivity index (χ1v) is 14.2. The number of anilines is 1. The van der Waals surface area contributed by atoms with Crippen LogP contribution in [0, 0.1) is 0 Å². The Kier molecular flexibility index (Phi) is 8.00. The number of aromatic hydroxyl groups is 2. The molecule has 11 heteroatoms. The molecule has 41 heavy (non-hydrogen) atoms. The molecule has 1 atom stereocenters. The Morgan fingerprint density at radius 3 is 2.61 bits per heavy atom. The molecule has 0 fully saturated rings. The highest BCUT2D eigenvalue weighted by molar-refractivity contribution is 9.10. The lowest BCUT2D eigenvalue weighted by Gasteiger charge is -2.26. The van der Waals surface area contributed by atoms with Crippen molar-refractivity contribution < 1.29 is 24.5 Å². The highest BCUT2D eigenvalue weighted by Crippen LogP contribution is 2.36. The van der Waals surface area contributed by atoms with Gasteiger partial charge in [-0.25, -0.2) is 4.99 Å². The molecule has 0 aliphatic carbocycles. The highest BCUT2D eigenvalue weighted by Gasteiger charge is 2.33. The summed E-state index contributed by atoms with van der Waals surface area (Å²) in [5, 5.41) is 24.0. The van der Waals surface area contributed by atoms with Crippen molar-refractivity contribution in [3.63, 3.8) is 0 Å². The van der Waals surface area contributed by atoms with Gasteiger partial charge >= 0.3 is 0 Å². The summed E-state index contributed by atoms with van der Waals surface area (Å²) < 4.78 is 13.3. The Bertz CT molecular complexity index is 1860. The van der Waals surface area contributed by atoms with E-state index in [2.05, 4.69) is 26.2 Å². The summed E-state index contributed by atoms with van der Waals surface area (Å²) in [4.78, 5) is 32.7. The molecular weight excluding hydrogens is 610 g/mol. The van der Waals surface area contributed by atoms with Crippen LogP contribution in [0.4, 0.5) is 5.69 Å². The van der Waals surface area contributed by atoms with Gasteiger partial charge in [0.15, 0.2) is 27.8 Å². The first-order chi connectivity index (χ1) is 19.7. The predicted octanol–water partition coefficient (Wildman–Crippen LogP) is 4.45. The predicted molar refractivity (Wildman–Crippen MR) is 160 cm³/mol. The fourth-order valence-corrected chi connectivity index (χ4v) is 6.11.